The summed E-state index contributed by atoms with van der Waals surface area (Å²) in [5.41, 5.74) is 6.05. The summed E-state index contributed by atoms with van der Waals surface area (Å²) in [6, 6.07) is -0.338. The number of carbonyl (C=O) groups excluding carboxylic acids is 1. The SMILES string of the molecule is CC[C@H](C)[C@@H](N)C(=O)N1CCN(C[C@H]2CCOC2)CC1. The van der Waals surface area contributed by atoms with Gasteiger partial charge in [-0.1, -0.05) is 20.3 Å². The monoisotopic (exact) mass is 283 g/mol. The van der Waals surface area contributed by atoms with E-state index in [2.05, 4.69) is 18.7 Å². The summed E-state index contributed by atoms with van der Waals surface area (Å²) in [5, 5.41) is 0. The quantitative estimate of drug-likeness (QED) is 0.800. The molecule has 1 amide bonds. The molecule has 0 unspecified atom stereocenters. The van der Waals surface area contributed by atoms with E-state index in [1.165, 1.54) is 6.42 Å². The third-order valence-electron chi connectivity index (χ3n) is 4.77. The highest BCUT2D eigenvalue weighted by Crippen LogP contribution is 2.16. The zero-order valence-corrected chi connectivity index (χ0v) is 12.9. The zero-order chi connectivity index (χ0) is 14.5. The van der Waals surface area contributed by atoms with Gasteiger partial charge in [0.05, 0.1) is 12.6 Å². The zero-order valence-electron chi connectivity index (χ0n) is 12.9. The molecule has 0 aromatic rings. The summed E-state index contributed by atoms with van der Waals surface area (Å²) in [7, 11) is 0. The molecule has 2 fully saturated rings. The fraction of sp³-hybridized carbons (Fsp3) is 0.933. The van der Waals surface area contributed by atoms with Crippen molar-refractivity contribution in [2.24, 2.45) is 17.6 Å². The van der Waals surface area contributed by atoms with E-state index in [4.69, 9.17) is 10.5 Å². The van der Waals surface area contributed by atoms with Crippen molar-refractivity contribution in [3.63, 3.8) is 0 Å². The van der Waals surface area contributed by atoms with Crippen LogP contribution in [0.1, 0.15) is 26.7 Å². The first-order chi connectivity index (χ1) is 9.61. The number of carbonyl (C=O) groups is 1. The molecule has 0 aromatic heterocycles. The second kappa shape index (κ2) is 7.38. The second-order valence-electron chi connectivity index (χ2n) is 6.27. The molecule has 0 spiro atoms. The molecule has 2 saturated heterocycles. The van der Waals surface area contributed by atoms with Gasteiger partial charge in [0.25, 0.3) is 0 Å². The second-order valence-corrected chi connectivity index (χ2v) is 6.27. The highest BCUT2D eigenvalue weighted by atomic mass is 16.5. The summed E-state index contributed by atoms with van der Waals surface area (Å²) < 4.78 is 5.42. The molecule has 2 rings (SSSR count). The molecule has 5 heteroatoms. The molecular weight excluding hydrogens is 254 g/mol. The van der Waals surface area contributed by atoms with Crippen LogP contribution in [0.5, 0.6) is 0 Å². The first-order valence-electron chi connectivity index (χ1n) is 7.96. The first-order valence-corrected chi connectivity index (χ1v) is 7.96. The van der Waals surface area contributed by atoms with E-state index in [1.807, 2.05) is 4.90 Å². The van der Waals surface area contributed by atoms with Crippen molar-refractivity contribution >= 4 is 5.91 Å². The average Bonchev–Trinajstić information content (AvgIpc) is 2.98. The van der Waals surface area contributed by atoms with Crippen molar-refractivity contribution < 1.29 is 9.53 Å². The van der Waals surface area contributed by atoms with Crippen LogP contribution in [-0.2, 0) is 9.53 Å². The molecule has 116 valence electrons. The van der Waals surface area contributed by atoms with Crippen LogP contribution in [-0.4, -0.2) is 67.7 Å². The Morgan fingerprint density at radius 3 is 2.60 bits per heavy atom. The standard InChI is InChI=1S/C15H29N3O2/c1-3-12(2)14(16)15(19)18-7-5-17(6-8-18)10-13-4-9-20-11-13/h12-14H,3-11,16H2,1-2H3/t12-,13+,14+/m0/s1. The maximum absolute atomic E-state index is 12.3. The molecule has 0 saturated carbocycles. The van der Waals surface area contributed by atoms with Crippen molar-refractivity contribution in [1.29, 1.82) is 0 Å². The lowest BCUT2D eigenvalue weighted by Crippen LogP contribution is -2.55. The van der Waals surface area contributed by atoms with Gasteiger partial charge >= 0.3 is 0 Å². The Hall–Kier alpha value is -0.650. The first kappa shape index (κ1) is 15.7. The Labute approximate surface area is 122 Å². The van der Waals surface area contributed by atoms with Gasteiger partial charge in [0.15, 0.2) is 0 Å². The number of hydrogen-bond acceptors (Lipinski definition) is 4. The van der Waals surface area contributed by atoms with Crippen molar-refractivity contribution in [2.45, 2.75) is 32.7 Å². The topological polar surface area (TPSA) is 58.8 Å². The minimum Gasteiger partial charge on any atom is -0.381 e. The molecule has 0 aliphatic carbocycles. The summed E-state index contributed by atoms with van der Waals surface area (Å²) in [4.78, 5) is 16.7. The number of amides is 1. The fourth-order valence-corrected chi connectivity index (χ4v) is 2.95. The van der Waals surface area contributed by atoms with Crippen LogP contribution in [0.25, 0.3) is 0 Å². The maximum atomic E-state index is 12.3. The predicted molar refractivity (Wildman–Crippen MR) is 79.4 cm³/mol. The van der Waals surface area contributed by atoms with E-state index >= 15 is 0 Å². The number of hydrogen-bond donors (Lipinski definition) is 1. The van der Waals surface area contributed by atoms with Crippen LogP contribution in [0.3, 0.4) is 0 Å². The molecule has 2 N–H and O–H groups in total. The van der Waals surface area contributed by atoms with Crippen LogP contribution < -0.4 is 5.73 Å². The molecule has 5 nitrogen and oxygen atoms in total. The van der Waals surface area contributed by atoms with Crippen molar-refractivity contribution in [3.05, 3.63) is 0 Å². The van der Waals surface area contributed by atoms with E-state index in [9.17, 15) is 4.79 Å². The van der Waals surface area contributed by atoms with Gasteiger partial charge in [0.2, 0.25) is 5.91 Å². The van der Waals surface area contributed by atoms with E-state index in [0.717, 1.165) is 52.4 Å². The van der Waals surface area contributed by atoms with Crippen molar-refractivity contribution in [1.82, 2.24) is 9.80 Å². The molecule has 20 heavy (non-hydrogen) atoms. The molecule has 2 aliphatic rings. The smallest absolute Gasteiger partial charge is 0.239 e. The van der Waals surface area contributed by atoms with Gasteiger partial charge in [-0.2, -0.15) is 0 Å². The number of piperazine rings is 1. The number of nitrogens with zero attached hydrogens (tertiary/aromatic N) is 2. The van der Waals surface area contributed by atoms with Gasteiger partial charge in [-0.3, -0.25) is 9.69 Å². The number of nitrogens with two attached hydrogens (primary N) is 1. The minimum atomic E-state index is -0.338. The molecular formula is C15H29N3O2. The van der Waals surface area contributed by atoms with Gasteiger partial charge in [0.1, 0.15) is 0 Å². The average molecular weight is 283 g/mol. The Morgan fingerprint density at radius 2 is 2.05 bits per heavy atom. The maximum Gasteiger partial charge on any atom is 0.239 e. The van der Waals surface area contributed by atoms with Crippen LogP contribution in [0, 0.1) is 11.8 Å². The number of rotatable bonds is 5. The van der Waals surface area contributed by atoms with E-state index in [1.54, 1.807) is 0 Å². The van der Waals surface area contributed by atoms with E-state index in [0.29, 0.717) is 5.92 Å². The van der Waals surface area contributed by atoms with Crippen molar-refractivity contribution in [3.8, 4) is 0 Å². The molecule has 2 aliphatic heterocycles. The van der Waals surface area contributed by atoms with E-state index < -0.39 is 0 Å². The summed E-state index contributed by atoms with van der Waals surface area (Å²) in [6.07, 6.45) is 2.13. The predicted octanol–water partition coefficient (Wildman–Crippen LogP) is 0.541. The van der Waals surface area contributed by atoms with Crippen LogP contribution in [0.4, 0.5) is 0 Å². The minimum absolute atomic E-state index is 0.128. The summed E-state index contributed by atoms with van der Waals surface area (Å²) in [5.74, 6) is 1.07. The highest BCUT2D eigenvalue weighted by Gasteiger charge is 2.28. The van der Waals surface area contributed by atoms with E-state index in [-0.39, 0.29) is 17.9 Å². The van der Waals surface area contributed by atoms with Crippen LogP contribution >= 0.6 is 0 Å². The van der Waals surface area contributed by atoms with Gasteiger partial charge in [-0.05, 0) is 18.3 Å². The summed E-state index contributed by atoms with van der Waals surface area (Å²) >= 11 is 0. The lowest BCUT2D eigenvalue weighted by molar-refractivity contribution is -0.135. The summed E-state index contributed by atoms with van der Waals surface area (Å²) in [6.45, 7) is 10.6. The van der Waals surface area contributed by atoms with Gasteiger partial charge in [-0.15, -0.1) is 0 Å². The molecule has 0 radical (unpaired) electrons. The third kappa shape index (κ3) is 3.93. The highest BCUT2D eigenvalue weighted by molar-refractivity contribution is 5.82. The largest absolute Gasteiger partial charge is 0.381 e. The normalized spacial score (nSPS) is 27.6. The Bertz CT molecular complexity index is 310. The number of ether oxygens (including phenoxy) is 1. The van der Waals surface area contributed by atoms with Gasteiger partial charge in [-0.25, -0.2) is 0 Å². The molecule has 3 atom stereocenters. The third-order valence-corrected chi connectivity index (χ3v) is 4.77. The van der Waals surface area contributed by atoms with Crippen molar-refractivity contribution in [2.75, 3.05) is 45.9 Å². The van der Waals surface area contributed by atoms with Crippen LogP contribution in [0.15, 0.2) is 0 Å². The molecule has 2 heterocycles. The van der Waals surface area contributed by atoms with Gasteiger partial charge < -0.3 is 15.4 Å². The Balaban J connectivity index is 1.74. The lowest BCUT2D eigenvalue weighted by Gasteiger charge is -2.37. The lowest BCUT2D eigenvalue weighted by atomic mass is 9.98. The Morgan fingerprint density at radius 1 is 1.35 bits per heavy atom. The molecule has 0 aromatic carbocycles. The molecule has 0 bridgehead atoms. The van der Waals surface area contributed by atoms with Crippen LogP contribution in [0.2, 0.25) is 0 Å². The Kier molecular flexibility index (Phi) is 5.81. The van der Waals surface area contributed by atoms with Gasteiger partial charge in [0, 0.05) is 39.3 Å². The fourth-order valence-electron chi connectivity index (χ4n) is 2.95.